The van der Waals surface area contributed by atoms with Crippen LogP contribution in [0.5, 0.6) is 5.75 Å². The average molecular weight is 403 g/mol. The van der Waals surface area contributed by atoms with Gasteiger partial charge in [0.1, 0.15) is 17.0 Å². The Balaban J connectivity index is 1.53. The predicted octanol–water partition coefficient (Wildman–Crippen LogP) is 3.91. The van der Waals surface area contributed by atoms with Crippen LogP contribution >= 0.6 is 0 Å². The first-order valence-corrected chi connectivity index (χ1v) is 10.9. The van der Waals surface area contributed by atoms with E-state index in [9.17, 15) is 4.79 Å². The van der Waals surface area contributed by atoms with E-state index in [4.69, 9.17) is 14.2 Å². The Labute approximate surface area is 173 Å². The fourth-order valence-corrected chi connectivity index (χ4v) is 4.69. The minimum absolute atomic E-state index is 0.102. The third-order valence-corrected chi connectivity index (χ3v) is 6.08. The Morgan fingerprint density at radius 1 is 1.31 bits per heavy atom. The van der Waals surface area contributed by atoms with Gasteiger partial charge in [0.25, 0.3) is 0 Å². The van der Waals surface area contributed by atoms with Gasteiger partial charge in [-0.1, -0.05) is 13.0 Å². The zero-order chi connectivity index (χ0) is 20.6. The lowest BCUT2D eigenvalue weighted by Crippen LogP contribution is -2.55. The fraction of sp³-hybridized carbons (Fsp3) is 0.696. The normalized spacial score (nSPS) is 29.3. The first-order valence-electron chi connectivity index (χ1n) is 10.9. The Kier molecular flexibility index (Phi) is 5.40. The molecule has 2 saturated heterocycles. The van der Waals surface area contributed by atoms with Gasteiger partial charge in [-0.3, -0.25) is 0 Å². The molecule has 0 aromatic heterocycles. The molecule has 3 aliphatic rings. The molecule has 2 unspecified atom stereocenters. The highest BCUT2D eigenvalue weighted by Gasteiger charge is 2.49. The molecule has 3 atom stereocenters. The number of rotatable bonds is 2. The summed E-state index contributed by atoms with van der Waals surface area (Å²) in [4.78, 5) is 14.8. The van der Waals surface area contributed by atoms with Crippen molar-refractivity contribution in [3.05, 3.63) is 23.8 Å². The van der Waals surface area contributed by atoms with Gasteiger partial charge in [-0.15, -0.1) is 0 Å². The third kappa shape index (κ3) is 4.47. The molecule has 1 N–H and O–H groups in total. The molecule has 0 bridgehead atoms. The van der Waals surface area contributed by atoms with Gasteiger partial charge in [0.2, 0.25) is 0 Å². The van der Waals surface area contributed by atoms with E-state index in [1.807, 2.05) is 20.8 Å². The molecule has 4 rings (SSSR count). The van der Waals surface area contributed by atoms with Crippen molar-refractivity contribution in [2.24, 2.45) is 5.92 Å². The van der Waals surface area contributed by atoms with Crippen molar-refractivity contribution >= 4 is 11.8 Å². The fourth-order valence-electron chi connectivity index (χ4n) is 4.69. The van der Waals surface area contributed by atoms with Gasteiger partial charge in [-0.2, -0.15) is 0 Å². The predicted molar refractivity (Wildman–Crippen MR) is 113 cm³/mol. The van der Waals surface area contributed by atoms with E-state index in [2.05, 4.69) is 35.3 Å². The Morgan fingerprint density at radius 2 is 2.14 bits per heavy atom. The first-order chi connectivity index (χ1) is 13.7. The van der Waals surface area contributed by atoms with Crippen LogP contribution in [0.4, 0.5) is 10.5 Å². The monoisotopic (exact) mass is 402 g/mol. The van der Waals surface area contributed by atoms with Crippen LogP contribution in [0, 0.1) is 5.92 Å². The lowest BCUT2D eigenvalue weighted by Gasteiger charge is -2.38. The smallest absolute Gasteiger partial charge is 0.408 e. The third-order valence-electron chi connectivity index (χ3n) is 6.08. The lowest BCUT2D eigenvalue weighted by atomic mass is 9.89. The number of carbonyl (C=O) groups is 1. The maximum atomic E-state index is 12.5. The highest BCUT2D eigenvalue weighted by atomic mass is 16.6. The van der Waals surface area contributed by atoms with E-state index in [-0.39, 0.29) is 17.7 Å². The number of benzene rings is 1. The molecule has 160 valence electrons. The van der Waals surface area contributed by atoms with Crippen molar-refractivity contribution in [1.29, 1.82) is 0 Å². The summed E-state index contributed by atoms with van der Waals surface area (Å²) in [7, 11) is 0. The highest BCUT2D eigenvalue weighted by Crippen LogP contribution is 2.39. The van der Waals surface area contributed by atoms with Gasteiger partial charge in [0, 0.05) is 31.5 Å². The Morgan fingerprint density at radius 3 is 2.86 bits per heavy atom. The second-order valence-electron chi connectivity index (χ2n) is 9.86. The van der Waals surface area contributed by atoms with Crippen LogP contribution in [0.2, 0.25) is 0 Å². The number of hydrogen-bond acceptors (Lipinski definition) is 5. The minimum Gasteiger partial charge on any atom is -0.493 e. The van der Waals surface area contributed by atoms with E-state index in [1.54, 1.807) is 0 Å². The average Bonchev–Trinajstić information content (AvgIpc) is 2.97. The van der Waals surface area contributed by atoms with Crippen molar-refractivity contribution in [2.75, 3.05) is 31.2 Å². The van der Waals surface area contributed by atoms with Crippen LogP contribution in [0.15, 0.2) is 18.2 Å². The summed E-state index contributed by atoms with van der Waals surface area (Å²) in [6.45, 7) is 10.8. The number of nitrogens with zero attached hydrogens (tertiary/aromatic N) is 1. The summed E-state index contributed by atoms with van der Waals surface area (Å²) in [6, 6.07) is 6.40. The van der Waals surface area contributed by atoms with Gasteiger partial charge in [0.05, 0.1) is 12.6 Å². The molecule has 6 nitrogen and oxygen atoms in total. The Hall–Kier alpha value is -1.95. The van der Waals surface area contributed by atoms with Gasteiger partial charge >= 0.3 is 6.09 Å². The van der Waals surface area contributed by atoms with Crippen molar-refractivity contribution in [1.82, 2.24) is 5.32 Å². The van der Waals surface area contributed by atoms with E-state index < -0.39 is 5.60 Å². The first kappa shape index (κ1) is 20.3. The largest absolute Gasteiger partial charge is 0.493 e. The van der Waals surface area contributed by atoms with Crippen LogP contribution in [-0.2, 0) is 15.9 Å². The topological polar surface area (TPSA) is 60.0 Å². The number of hydrogen-bond donors (Lipinski definition) is 1. The standard InChI is InChI=1S/C23H34N2O4/c1-16-11-17-7-8-18(12-19(17)27-14-16)25-13-20(24-21(26)29-22(2,3)4)23(15-25)9-5-6-10-28-23/h7-8,12,16,20H,5-6,9-11,13-15H2,1-4H3,(H,24,26)/t16-,20?,23?/m1/s1. The van der Waals surface area contributed by atoms with Crippen LogP contribution in [-0.4, -0.2) is 49.6 Å². The molecular formula is C23H34N2O4. The number of carbonyl (C=O) groups excluding carboxylic acids is 1. The maximum Gasteiger partial charge on any atom is 0.408 e. The molecular weight excluding hydrogens is 368 g/mol. The van der Waals surface area contributed by atoms with Gasteiger partial charge in [-0.25, -0.2) is 4.79 Å². The maximum absolute atomic E-state index is 12.5. The second kappa shape index (κ2) is 7.71. The van der Waals surface area contributed by atoms with Crippen LogP contribution in [0.1, 0.15) is 52.5 Å². The molecule has 3 heterocycles. The number of fused-ring (bicyclic) bond motifs is 1. The molecule has 3 aliphatic heterocycles. The SMILES string of the molecule is C[C@H]1COc2cc(N3CC(NC(=O)OC(C)(C)C)C4(CCCCO4)C3)ccc2C1. The molecule has 6 heteroatoms. The van der Waals surface area contributed by atoms with Crippen LogP contribution in [0.3, 0.4) is 0 Å². The Bertz CT molecular complexity index is 752. The molecule has 29 heavy (non-hydrogen) atoms. The van der Waals surface area contributed by atoms with E-state index in [0.717, 1.165) is 56.9 Å². The molecule has 0 radical (unpaired) electrons. The molecule has 0 saturated carbocycles. The summed E-state index contributed by atoms with van der Waals surface area (Å²) in [6.07, 6.45) is 3.83. The highest BCUT2D eigenvalue weighted by molar-refractivity contribution is 5.69. The van der Waals surface area contributed by atoms with E-state index in [1.165, 1.54) is 5.56 Å². The molecule has 1 aromatic carbocycles. The number of anilines is 1. The van der Waals surface area contributed by atoms with Gasteiger partial charge in [-0.05, 0) is 64.0 Å². The van der Waals surface area contributed by atoms with Crippen molar-refractivity contribution in [3.63, 3.8) is 0 Å². The summed E-state index contributed by atoms with van der Waals surface area (Å²) in [5.74, 6) is 1.55. The van der Waals surface area contributed by atoms with Crippen molar-refractivity contribution in [3.8, 4) is 5.75 Å². The van der Waals surface area contributed by atoms with E-state index >= 15 is 0 Å². The quantitative estimate of drug-likeness (QED) is 0.813. The summed E-state index contributed by atoms with van der Waals surface area (Å²) >= 11 is 0. The van der Waals surface area contributed by atoms with Crippen LogP contribution in [0.25, 0.3) is 0 Å². The number of ether oxygens (including phenoxy) is 3. The zero-order valence-corrected chi connectivity index (χ0v) is 18.1. The van der Waals surface area contributed by atoms with E-state index in [0.29, 0.717) is 12.5 Å². The molecule has 1 spiro atoms. The molecule has 1 amide bonds. The number of nitrogens with one attached hydrogen (secondary N) is 1. The molecule has 2 fully saturated rings. The zero-order valence-electron chi connectivity index (χ0n) is 18.1. The lowest BCUT2D eigenvalue weighted by molar-refractivity contribution is -0.0788. The molecule has 1 aromatic rings. The van der Waals surface area contributed by atoms with Gasteiger partial charge in [0.15, 0.2) is 0 Å². The summed E-state index contributed by atoms with van der Waals surface area (Å²) < 4.78 is 17.8. The molecule has 0 aliphatic carbocycles. The minimum atomic E-state index is -0.518. The second-order valence-corrected chi connectivity index (χ2v) is 9.86. The van der Waals surface area contributed by atoms with Crippen molar-refractivity contribution in [2.45, 2.75) is 70.6 Å². The summed E-state index contributed by atoms with van der Waals surface area (Å²) in [5, 5.41) is 3.10. The van der Waals surface area contributed by atoms with Crippen LogP contribution < -0.4 is 15.0 Å². The summed E-state index contributed by atoms with van der Waals surface area (Å²) in [5.41, 5.74) is 1.52. The number of alkyl carbamates (subject to hydrolysis) is 1. The number of amides is 1. The van der Waals surface area contributed by atoms with Gasteiger partial charge < -0.3 is 24.4 Å². The van der Waals surface area contributed by atoms with Crippen molar-refractivity contribution < 1.29 is 19.0 Å².